The number of hydrogen-bond acceptors (Lipinski definition) is 4. The summed E-state index contributed by atoms with van der Waals surface area (Å²) in [5, 5.41) is 9.15. The van der Waals surface area contributed by atoms with Crippen LogP contribution in [-0.2, 0) is 11.3 Å². The van der Waals surface area contributed by atoms with Crippen molar-refractivity contribution in [1.29, 1.82) is 0 Å². The van der Waals surface area contributed by atoms with Crippen molar-refractivity contribution in [2.24, 2.45) is 4.99 Å². The molecule has 0 spiro atoms. The van der Waals surface area contributed by atoms with Gasteiger partial charge in [-0.05, 0) is 50.1 Å². The fraction of sp³-hybridized carbons (Fsp3) is 0.417. The first-order chi connectivity index (χ1) is 15.4. The van der Waals surface area contributed by atoms with E-state index in [1.54, 1.807) is 26.2 Å². The average molecular weight is 572 g/mol. The number of carbonyl (C=O) groups excluding carboxylic acids is 1. The summed E-state index contributed by atoms with van der Waals surface area (Å²) in [5.41, 5.74) is 2.89. The number of methoxy groups -OCH3 is 1. The number of nitrogens with zero attached hydrogens (tertiary/aromatic N) is 1. The summed E-state index contributed by atoms with van der Waals surface area (Å²) in [7, 11) is 1.64. The van der Waals surface area contributed by atoms with Crippen LogP contribution < -0.4 is 20.7 Å². The van der Waals surface area contributed by atoms with Crippen LogP contribution in [0.3, 0.4) is 0 Å². The molecule has 0 fully saturated rings. The van der Waals surface area contributed by atoms with E-state index in [4.69, 9.17) is 9.47 Å². The molecule has 3 N–H and O–H groups in total. The zero-order chi connectivity index (χ0) is 23.3. The third kappa shape index (κ3) is 9.95. The monoisotopic (exact) mass is 572 g/mol. The van der Waals surface area contributed by atoms with Gasteiger partial charge in [0.2, 0.25) is 0 Å². The molecule has 0 saturated heterocycles. The van der Waals surface area contributed by atoms with Crippen LogP contribution in [-0.4, -0.2) is 51.8 Å². The highest BCUT2D eigenvalue weighted by Gasteiger charge is 2.08. The molecule has 7 nitrogen and oxygen atoms in total. The molecule has 0 aliphatic heterocycles. The molecule has 0 saturated carbocycles. The van der Waals surface area contributed by atoms with Crippen LogP contribution in [0.15, 0.2) is 41.4 Å². The molecule has 2 aromatic rings. The zero-order valence-electron chi connectivity index (χ0n) is 19.7. The second kappa shape index (κ2) is 15.4. The first kappa shape index (κ1) is 28.6. The van der Waals surface area contributed by atoms with E-state index in [0.29, 0.717) is 56.5 Å². The lowest BCUT2D eigenvalue weighted by atomic mass is 10.1. The summed E-state index contributed by atoms with van der Waals surface area (Å²) in [6.45, 7) is 8.62. The van der Waals surface area contributed by atoms with Gasteiger partial charge < -0.3 is 25.4 Å². The van der Waals surface area contributed by atoms with Crippen LogP contribution in [0, 0.1) is 19.7 Å². The Morgan fingerprint density at radius 1 is 1.03 bits per heavy atom. The topological polar surface area (TPSA) is 84.0 Å². The van der Waals surface area contributed by atoms with Crippen LogP contribution in [0.25, 0.3) is 0 Å². The van der Waals surface area contributed by atoms with Crippen molar-refractivity contribution >= 4 is 35.8 Å². The lowest BCUT2D eigenvalue weighted by molar-refractivity contribution is 0.0954. The second-order valence-electron chi connectivity index (χ2n) is 7.29. The van der Waals surface area contributed by atoms with Gasteiger partial charge in [0.15, 0.2) is 5.96 Å². The Morgan fingerprint density at radius 3 is 2.48 bits per heavy atom. The molecular formula is C24H34FIN4O3. The minimum Gasteiger partial charge on any atom is -0.491 e. The number of guanidine groups is 1. The number of benzene rings is 2. The van der Waals surface area contributed by atoms with Gasteiger partial charge >= 0.3 is 0 Å². The van der Waals surface area contributed by atoms with E-state index in [9.17, 15) is 9.18 Å². The number of rotatable bonds is 11. The van der Waals surface area contributed by atoms with E-state index in [1.807, 2.05) is 32.0 Å². The van der Waals surface area contributed by atoms with Crippen molar-refractivity contribution in [3.05, 3.63) is 64.5 Å². The summed E-state index contributed by atoms with van der Waals surface area (Å²) in [4.78, 5) is 16.8. The largest absolute Gasteiger partial charge is 0.491 e. The van der Waals surface area contributed by atoms with Gasteiger partial charge in [-0.2, -0.15) is 0 Å². The van der Waals surface area contributed by atoms with Gasteiger partial charge in [-0.3, -0.25) is 4.79 Å². The minimum absolute atomic E-state index is 0. The summed E-state index contributed by atoms with van der Waals surface area (Å²) in [6.07, 6.45) is 0. The summed E-state index contributed by atoms with van der Waals surface area (Å²) < 4.78 is 24.5. The molecule has 182 valence electrons. The summed E-state index contributed by atoms with van der Waals surface area (Å²) in [6, 6.07) is 10.5. The van der Waals surface area contributed by atoms with Crippen molar-refractivity contribution in [3.63, 3.8) is 0 Å². The van der Waals surface area contributed by atoms with Gasteiger partial charge in [0.1, 0.15) is 18.2 Å². The van der Waals surface area contributed by atoms with E-state index < -0.39 is 0 Å². The Balaban J connectivity index is 0.00000544. The molecular weight excluding hydrogens is 538 g/mol. The van der Waals surface area contributed by atoms with Gasteiger partial charge in [-0.25, -0.2) is 9.38 Å². The average Bonchev–Trinajstić information content (AvgIpc) is 2.77. The van der Waals surface area contributed by atoms with Gasteiger partial charge in [0.05, 0.1) is 13.2 Å². The Labute approximate surface area is 212 Å². The lowest BCUT2D eigenvalue weighted by Gasteiger charge is -2.14. The van der Waals surface area contributed by atoms with Crippen molar-refractivity contribution in [2.75, 3.05) is 40.0 Å². The molecule has 33 heavy (non-hydrogen) atoms. The lowest BCUT2D eigenvalue weighted by Crippen LogP contribution is -2.41. The Morgan fingerprint density at radius 2 is 1.79 bits per heavy atom. The third-order valence-electron chi connectivity index (χ3n) is 4.66. The molecule has 0 aliphatic rings. The zero-order valence-corrected chi connectivity index (χ0v) is 22.0. The van der Waals surface area contributed by atoms with Crippen LogP contribution in [0.1, 0.15) is 34.0 Å². The smallest absolute Gasteiger partial charge is 0.251 e. The van der Waals surface area contributed by atoms with Crippen LogP contribution in [0.4, 0.5) is 4.39 Å². The molecule has 0 atom stereocenters. The van der Waals surface area contributed by atoms with Gasteiger partial charge in [0.25, 0.3) is 5.91 Å². The third-order valence-corrected chi connectivity index (χ3v) is 4.66. The number of aliphatic imine (C=N–C) groups is 1. The summed E-state index contributed by atoms with van der Waals surface area (Å²) in [5.74, 6) is 0.718. The Bertz CT molecular complexity index is 925. The Hall–Kier alpha value is -2.40. The predicted molar refractivity (Wildman–Crippen MR) is 140 cm³/mol. The number of halogens is 2. The van der Waals surface area contributed by atoms with Crippen molar-refractivity contribution < 1.29 is 18.7 Å². The quantitative estimate of drug-likeness (QED) is 0.166. The Kier molecular flexibility index (Phi) is 13.4. The standard InChI is InChI=1S/C24H33FN4O3.HI/c1-5-26-24(28-11-10-27-23(30)19-9-7-18(3)21(25)15-19)29-16-20-8-6-17(2)14-22(20)32-13-12-31-4;/h6-9,14-15H,5,10-13,16H2,1-4H3,(H,27,30)(H2,26,28,29);1H. The number of nitrogens with one attached hydrogen (secondary N) is 3. The first-order valence-corrected chi connectivity index (χ1v) is 10.7. The highest BCUT2D eigenvalue weighted by atomic mass is 127. The van der Waals surface area contributed by atoms with Gasteiger partial charge in [-0.15, -0.1) is 24.0 Å². The van der Waals surface area contributed by atoms with E-state index in [-0.39, 0.29) is 35.7 Å². The predicted octanol–water partition coefficient (Wildman–Crippen LogP) is 3.57. The molecule has 9 heteroatoms. The molecule has 0 unspecified atom stereocenters. The molecule has 0 bridgehead atoms. The van der Waals surface area contributed by atoms with Gasteiger partial charge in [-0.1, -0.05) is 18.2 Å². The maximum atomic E-state index is 13.6. The fourth-order valence-corrected chi connectivity index (χ4v) is 2.86. The number of ether oxygens (including phenoxy) is 2. The van der Waals surface area contributed by atoms with Crippen molar-refractivity contribution in [2.45, 2.75) is 27.3 Å². The molecule has 0 radical (unpaired) electrons. The molecule has 0 heterocycles. The molecule has 0 aromatic heterocycles. The minimum atomic E-state index is -0.390. The normalized spacial score (nSPS) is 10.9. The maximum absolute atomic E-state index is 13.6. The second-order valence-corrected chi connectivity index (χ2v) is 7.29. The van der Waals surface area contributed by atoms with E-state index in [1.165, 1.54) is 6.07 Å². The van der Waals surface area contributed by atoms with E-state index in [2.05, 4.69) is 20.9 Å². The highest BCUT2D eigenvalue weighted by molar-refractivity contribution is 14.0. The first-order valence-electron chi connectivity index (χ1n) is 10.7. The SMILES string of the molecule is CCNC(=NCc1ccc(C)cc1OCCOC)NCCNC(=O)c1ccc(C)c(F)c1.I. The van der Waals surface area contributed by atoms with Crippen LogP contribution >= 0.6 is 24.0 Å². The number of carbonyl (C=O) groups is 1. The summed E-state index contributed by atoms with van der Waals surface area (Å²) >= 11 is 0. The molecule has 1 amide bonds. The fourth-order valence-electron chi connectivity index (χ4n) is 2.86. The molecule has 2 rings (SSSR count). The highest BCUT2D eigenvalue weighted by Crippen LogP contribution is 2.21. The van der Waals surface area contributed by atoms with Crippen molar-refractivity contribution in [3.8, 4) is 5.75 Å². The van der Waals surface area contributed by atoms with Crippen LogP contribution in [0.5, 0.6) is 5.75 Å². The van der Waals surface area contributed by atoms with E-state index in [0.717, 1.165) is 16.9 Å². The number of hydrogen-bond donors (Lipinski definition) is 3. The van der Waals surface area contributed by atoms with Crippen molar-refractivity contribution in [1.82, 2.24) is 16.0 Å². The number of amides is 1. The van der Waals surface area contributed by atoms with Crippen LogP contribution in [0.2, 0.25) is 0 Å². The molecule has 2 aromatic carbocycles. The van der Waals surface area contributed by atoms with E-state index >= 15 is 0 Å². The van der Waals surface area contributed by atoms with Gasteiger partial charge in [0, 0.05) is 37.9 Å². The molecule has 0 aliphatic carbocycles. The maximum Gasteiger partial charge on any atom is 0.251 e. The number of aryl methyl sites for hydroxylation is 2.